The van der Waals surface area contributed by atoms with Gasteiger partial charge in [-0.15, -0.1) is 0 Å². The second-order valence-electron chi connectivity index (χ2n) is 4.75. The summed E-state index contributed by atoms with van der Waals surface area (Å²) in [7, 11) is 0. The van der Waals surface area contributed by atoms with E-state index < -0.39 is 0 Å². The maximum Gasteiger partial charge on any atom is 0.327 e. The smallest absolute Gasteiger partial charge is 0.312 e. The largest absolute Gasteiger partial charge is 0.327 e. The van der Waals surface area contributed by atoms with Gasteiger partial charge in [0.05, 0.1) is 6.54 Å². The maximum atomic E-state index is 12.1. The van der Waals surface area contributed by atoms with Gasteiger partial charge in [0.1, 0.15) is 6.54 Å². The van der Waals surface area contributed by atoms with Crippen LogP contribution in [0.3, 0.4) is 0 Å². The van der Waals surface area contributed by atoms with Crippen LogP contribution < -0.4 is 0 Å². The lowest BCUT2D eigenvalue weighted by molar-refractivity contribution is -0.125. The molecule has 2 fully saturated rings. The van der Waals surface area contributed by atoms with Gasteiger partial charge in [-0.05, 0) is 30.5 Å². The number of halogens is 1. The fourth-order valence-corrected chi connectivity index (χ4v) is 2.42. The molecule has 1 aromatic rings. The van der Waals surface area contributed by atoms with Gasteiger partial charge in [0, 0.05) is 10.5 Å². The summed E-state index contributed by atoms with van der Waals surface area (Å²) in [6, 6.07) is 7.84. The van der Waals surface area contributed by atoms with Crippen LogP contribution >= 0.6 is 15.9 Å². The molecule has 4 nitrogen and oxygen atoms in total. The third-order valence-corrected chi connectivity index (χ3v) is 3.85. The van der Waals surface area contributed by atoms with Gasteiger partial charge in [0.2, 0.25) is 0 Å². The number of carbonyl (C=O) groups is 2. The van der Waals surface area contributed by atoms with Gasteiger partial charge in [0.25, 0.3) is 5.91 Å². The minimum Gasteiger partial charge on any atom is -0.312 e. The summed E-state index contributed by atoms with van der Waals surface area (Å²) in [5.41, 5.74) is 0.970. The number of rotatable bonds is 3. The van der Waals surface area contributed by atoms with Crippen LogP contribution in [-0.4, -0.2) is 34.3 Å². The summed E-state index contributed by atoms with van der Waals surface area (Å²) < 4.78 is 0.991. The van der Waals surface area contributed by atoms with Crippen molar-refractivity contribution in [2.45, 2.75) is 25.4 Å². The average Bonchev–Trinajstić information content (AvgIpc) is 3.14. The molecular weight excluding hydrogens is 296 g/mol. The topological polar surface area (TPSA) is 40.6 Å². The van der Waals surface area contributed by atoms with Crippen LogP contribution in [0.5, 0.6) is 0 Å². The molecule has 0 radical (unpaired) electrons. The quantitative estimate of drug-likeness (QED) is 0.804. The third kappa shape index (κ3) is 2.14. The van der Waals surface area contributed by atoms with Crippen LogP contribution in [0.25, 0.3) is 0 Å². The highest BCUT2D eigenvalue weighted by Gasteiger charge is 2.43. The average molecular weight is 309 g/mol. The van der Waals surface area contributed by atoms with E-state index in [9.17, 15) is 9.59 Å². The number of hydrogen-bond donors (Lipinski definition) is 0. The van der Waals surface area contributed by atoms with Crippen LogP contribution in [-0.2, 0) is 11.3 Å². The molecule has 3 amide bonds. The molecule has 1 heterocycles. The molecule has 0 bridgehead atoms. The lowest BCUT2D eigenvalue weighted by Crippen LogP contribution is -2.33. The molecular formula is C13H13BrN2O2. The number of amides is 3. The van der Waals surface area contributed by atoms with Gasteiger partial charge < -0.3 is 4.90 Å². The molecule has 1 aromatic carbocycles. The van der Waals surface area contributed by atoms with Crippen molar-refractivity contribution in [2.24, 2.45) is 0 Å². The van der Waals surface area contributed by atoms with Crippen molar-refractivity contribution < 1.29 is 9.59 Å². The van der Waals surface area contributed by atoms with E-state index in [1.54, 1.807) is 4.90 Å². The Kier molecular flexibility index (Phi) is 2.86. The molecule has 0 N–H and O–H groups in total. The number of carbonyl (C=O) groups excluding carboxylic acids is 2. The van der Waals surface area contributed by atoms with E-state index in [1.165, 1.54) is 4.90 Å². The van der Waals surface area contributed by atoms with Gasteiger partial charge in [-0.3, -0.25) is 9.69 Å². The Balaban J connectivity index is 1.74. The predicted molar refractivity (Wildman–Crippen MR) is 69.8 cm³/mol. The highest BCUT2D eigenvalue weighted by atomic mass is 79.9. The monoisotopic (exact) mass is 308 g/mol. The summed E-state index contributed by atoms with van der Waals surface area (Å²) in [5, 5.41) is 0. The van der Waals surface area contributed by atoms with Crippen molar-refractivity contribution in [1.82, 2.24) is 9.80 Å². The van der Waals surface area contributed by atoms with Crippen molar-refractivity contribution in [3.05, 3.63) is 34.3 Å². The van der Waals surface area contributed by atoms with Crippen molar-refractivity contribution in [3.8, 4) is 0 Å². The van der Waals surface area contributed by atoms with Crippen LogP contribution in [0.2, 0.25) is 0 Å². The molecule has 5 heteroatoms. The highest BCUT2D eigenvalue weighted by Crippen LogP contribution is 2.30. The standard InChI is InChI=1S/C13H13BrN2O2/c14-10-3-1-9(2-4-10)7-16-12(17)8-15(13(16)18)11-5-6-11/h1-4,11H,5-8H2. The second-order valence-corrected chi connectivity index (χ2v) is 5.66. The number of imide groups is 1. The van der Waals surface area contributed by atoms with E-state index in [1.807, 2.05) is 24.3 Å². The maximum absolute atomic E-state index is 12.1. The van der Waals surface area contributed by atoms with Crippen LogP contribution in [0, 0.1) is 0 Å². The zero-order valence-corrected chi connectivity index (χ0v) is 11.4. The first kappa shape index (κ1) is 11.7. The summed E-state index contributed by atoms with van der Waals surface area (Å²) >= 11 is 3.36. The molecule has 1 aliphatic carbocycles. The normalized spacial score (nSPS) is 19.8. The van der Waals surface area contributed by atoms with Gasteiger partial charge >= 0.3 is 6.03 Å². The molecule has 2 aliphatic rings. The number of hydrogen-bond acceptors (Lipinski definition) is 2. The summed E-state index contributed by atoms with van der Waals surface area (Å²) in [5.74, 6) is -0.0881. The second kappa shape index (κ2) is 4.39. The molecule has 1 saturated heterocycles. The van der Waals surface area contributed by atoms with Gasteiger partial charge in [-0.2, -0.15) is 0 Å². The minimum absolute atomic E-state index is 0.0881. The molecule has 1 saturated carbocycles. The minimum atomic E-state index is -0.134. The van der Waals surface area contributed by atoms with E-state index in [4.69, 9.17) is 0 Å². The summed E-state index contributed by atoms with van der Waals surface area (Å²) in [6.07, 6.45) is 2.07. The Morgan fingerprint density at radius 1 is 1.17 bits per heavy atom. The predicted octanol–water partition coefficient (Wildman–Crippen LogP) is 2.38. The number of benzene rings is 1. The van der Waals surface area contributed by atoms with Gasteiger partial charge in [-0.25, -0.2) is 4.79 Å². The Morgan fingerprint density at radius 2 is 1.83 bits per heavy atom. The van der Waals surface area contributed by atoms with E-state index in [0.717, 1.165) is 22.9 Å². The Labute approximate surface area is 114 Å². The molecule has 0 aromatic heterocycles. The van der Waals surface area contributed by atoms with Crippen molar-refractivity contribution in [1.29, 1.82) is 0 Å². The molecule has 94 valence electrons. The number of nitrogens with zero attached hydrogens (tertiary/aromatic N) is 2. The van der Waals surface area contributed by atoms with Crippen LogP contribution in [0.4, 0.5) is 4.79 Å². The highest BCUT2D eigenvalue weighted by molar-refractivity contribution is 9.10. The Hall–Kier alpha value is -1.36. The molecule has 1 aliphatic heterocycles. The fraction of sp³-hybridized carbons (Fsp3) is 0.385. The SMILES string of the molecule is O=C1CN(C2CC2)C(=O)N1Cc1ccc(Br)cc1. The molecule has 18 heavy (non-hydrogen) atoms. The van der Waals surface area contributed by atoms with Crippen molar-refractivity contribution in [2.75, 3.05) is 6.54 Å². The molecule has 0 unspecified atom stereocenters. The first-order valence-corrected chi connectivity index (χ1v) is 6.80. The van der Waals surface area contributed by atoms with E-state index in [-0.39, 0.29) is 18.5 Å². The van der Waals surface area contributed by atoms with E-state index >= 15 is 0 Å². The van der Waals surface area contributed by atoms with Crippen molar-refractivity contribution in [3.63, 3.8) is 0 Å². The zero-order chi connectivity index (χ0) is 12.7. The molecule has 3 rings (SSSR count). The zero-order valence-electron chi connectivity index (χ0n) is 9.80. The Morgan fingerprint density at radius 3 is 2.44 bits per heavy atom. The van der Waals surface area contributed by atoms with E-state index in [0.29, 0.717) is 12.6 Å². The lowest BCUT2D eigenvalue weighted by atomic mass is 10.2. The summed E-state index contributed by atoms with van der Waals surface area (Å²) in [6.45, 7) is 0.619. The summed E-state index contributed by atoms with van der Waals surface area (Å²) in [4.78, 5) is 27.0. The van der Waals surface area contributed by atoms with E-state index in [2.05, 4.69) is 15.9 Å². The fourth-order valence-electron chi connectivity index (χ4n) is 2.16. The van der Waals surface area contributed by atoms with Gasteiger partial charge in [0.15, 0.2) is 0 Å². The lowest BCUT2D eigenvalue weighted by Gasteiger charge is -2.16. The van der Waals surface area contributed by atoms with Gasteiger partial charge in [-0.1, -0.05) is 28.1 Å². The molecule has 0 spiro atoms. The first-order valence-electron chi connectivity index (χ1n) is 6.00. The third-order valence-electron chi connectivity index (χ3n) is 3.32. The van der Waals surface area contributed by atoms with Crippen LogP contribution in [0.1, 0.15) is 18.4 Å². The van der Waals surface area contributed by atoms with Crippen LogP contribution in [0.15, 0.2) is 28.7 Å². The number of urea groups is 1. The molecule has 0 atom stereocenters. The van der Waals surface area contributed by atoms with Crippen molar-refractivity contribution >= 4 is 27.9 Å². The first-order chi connectivity index (χ1) is 8.65. The Bertz CT molecular complexity index is 496.